The average Bonchev–Trinajstić information content (AvgIpc) is 2.87. The van der Waals surface area contributed by atoms with Gasteiger partial charge in [0.2, 0.25) is 10.0 Å². The van der Waals surface area contributed by atoms with Gasteiger partial charge in [-0.05, 0) is 31.6 Å². The topological polar surface area (TPSA) is 95.1 Å². The summed E-state index contributed by atoms with van der Waals surface area (Å²) in [5.41, 5.74) is 0.635. The lowest BCUT2D eigenvalue weighted by atomic mass is 9.81. The van der Waals surface area contributed by atoms with E-state index in [-0.39, 0.29) is 17.2 Å². The number of sulfonamides is 1. The Kier molecular flexibility index (Phi) is 5.40. The van der Waals surface area contributed by atoms with Crippen molar-refractivity contribution in [2.24, 2.45) is 11.8 Å². The zero-order valence-electron chi connectivity index (χ0n) is 12.7. The molecule has 1 aromatic heterocycles. The molecule has 6 nitrogen and oxygen atoms in total. The van der Waals surface area contributed by atoms with Gasteiger partial charge in [0.15, 0.2) is 0 Å². The van der Waals surface area contributed by atoms with Crippen LogP contribution in [0, 0.1) is 18.8 Å². The summed E-state index contributed by atoms with van der Waals surface area (Å²) in [5, 5.41) is 15.6. The summed E-state index contributed by atoms with van der Waals surface area (Å²) in [6.45, 7) is 3.94. The fourth-order valence-electron chi connectivity index (χ4n) is 3.08. The van der Waals surface area contributed by atoms with E-state index in [4.69, 9.17) is 0 Å². The number of aromatic amines is 1. The molecule has 3 N–H and O–H groups in total. The summed E-state index contributed by atoms with van der Waals surface area (Å²) in [5.74, 6) is 1.21. The largest absolute Gasteiger partial charge is 0.390 e. The molecule has 0 bridgehead atoms. The van der Waals surface area contributed by atoms with E-state index in [1.165, 1.54) is 19.3 Å². The van der Waals surface area contributed by atoms with Gasteiger partial charge in [0.05, 0.1) is 12.3 Å². The van der Waals surface area contributed by atoms with Crippen LogP contribution in [-0.4, -0.2) is 30.3 Å². The van der Waals surface area contributed by atoms with E-state index >= 15 is 0 Å². The van der Waals surface area contributed by atoms with Gasteiger partial charge in [-0.1, -0.05) is 26.2 Å². The molecule has 1 aromatic rings. The maximum absolute atomic E-state index is 12.4. The zero-order chi connectivity index (χ0) is 15.5. The first-order valence-corrected chi connectivity index (χ1v) is 9.10. The van der Waals surface area contributed by atoms with Crippen LogP contribution in [-0.2, 0) is 16.6 Å². The van der Waals surface area contributed by atoms with Gasteiger partial charge in [0.1, 0.15) is 10.6 Å². The molecule has 1 heterocycles. The SMILES string of the molecule is CCC1CCC(CNS(=O)(=O)c2c(CO)n[nH]c2C)CC1. The predicted octanol–water partition coefficient (Wildman–Crippen LogP) is 1.71. The quantitative estimate of drug-likeness (QED) is 0.744. The van der Waals surface area contributed by atoms with Crippen LogP contribution in [0.2, 0.25) is 0 Å². The van der Waals surface area contributed by atoms with E-state index in [9.17, 15) is 13.5 Å². The Morgan fingerprint density at radius 1 is 1.29 bits per heavy atom. The number of rotatable bonds is 6. The second kappa shape index (κ2) is 6.89. The van der Waals surface area contributed by atoms with E-state index in [0.717, 1.165) is 18.8 Å². The molecule has 0 aromatic carbocycles. The molecule has 1 aliphatic carbocycles. The molecule has 0 radical (unpaired) electrons. The van der Waals surface area contributed by atoms with Crippen molar-refractivity contribution in [1.82, 2.24) is 14.9 Å². The molecular weight excluding hydrogens is 290 g/mol. The minimum atomic E-state index is -3.61. The first kappa shape index (κ1) is 16.5. The highest BCUT2D eigenvalue weighted by Crippen LogP contribution is 2.30. The van der Waals surface area contributed by atoms with Gasteiger partial charge in [0.25, 0.3) is 0 Å². The highest BCUT2D eigenvalue weighted by Gasteiger charge is 2.26. The number of nitrogens with zero attached hydrogens (tertiary/aromatic N) is 1. The summed E-state index contributed by atoms with van der Waals surface area (Å²) in [6, 6.07) is 0. The van der Waals surface area contributed by atoms with E-state index in [0.29, 0.717) is 18.2 Å². The van der Waals surface area contributed by atoms with Crippen LogP contribution in [0.3, 0.4) is 0 Å². The minimum Gasteiger partial charge on any atom is -0.390 e. The second-order valence-electron chi connectivity index (χ2n) is 5.93. The molecule has 1 aliphatic rings. The van der Waals surface area contributed by atoms with Crippen molar-refractivity contribution < 1.29 is 13.5 Å². The lowest BCUT2D eigenvalue weighted by Crippen LogP contribution is -2.32. The molecule has 0 atom stereocenters. The third-order valence-electron chi connectivity index (χ3n) is 4.49. The molecule has 0 saturated heterocycles. The third kappa shape index (κ3) is 3.84. The Morgan fingerprint density at radius 2 is 1.90 bits per heavy atom. The van der Waals surface area contributed by atoms with Gasteiger partial charge in [0, 0.05) is 6.54 Å². The summed E-state index contributed by atoms with van der Waals surface area (Å²) in [6.07, 6.45) is 5.76. The lowest BCUT2D eigenvalue weighted by Gasteiger charge is -2.27. The second-order valence-corrected chi connectivity index (χ2v) is 7.63. The molecule has 120 valence electrons. The smallest absolute Gasteiger partial charge is 0.244 e. The van der Waals surface area contributed by atoms with Crippen molar-refractivity contribution in [2.75, 3.05) is 6.54 Å². The molecule has 1 fully saturated rings. The molecule has 2 rings (SSSR count). The Hall–Kier alpha value is -0.920. The number of aliphatic hydroxyl groups is 1. The predicted molar refractivity (Wildman–Crippen MR) is 80.2 cm³/mol. The van der Waals surface area contributed by atoms with Gasteiger partial charge >= 0.3 is 0 Å². The normalized spacial score (nSPS) is 23.4. The standard InChI is InChI=1S/C14H25N3O3S/c1-3-11-4-6-12(7-5-11)8-15-21(19,20)14-10(2)16-17-13(14)9-18/h11-12,15,18H,3-9H2,1-2H3,(H,16,17). The molecule has 0 amide bonds. The maximum Gasteiger partial charge on any atom is 0.244 e. The third-order valence-corrected chi connectivity index (χ3v) is 6.11. The van der Waals surface area contributed by atoms with Crippen molar-refractivity contribution in [3.8, 4) is 0 Å². The number of hydrogen-bond acceptors (Lipinski definition) is 4. The Labute approximate surface area is 126 Å². The fourth-order valence-corrected chi connectivity index (χ4v) is 4.55. The van der Waals surface area contributed by atoms with Crippen LogP contribution < -0.4 is 4.72 Å². The van der Waals surface area contributed by atoms with Crippen LogP contribution in [0.4, 0.5) is 0 Å². The number of aliphatic hydroxyl groups excluding tert-OH is 1. The Bertz CT molecular complexity index is 560. The van der Waals surface area contributed by atoms with Crippen LogP contribution >= 0.6 is 0 Å². The highest BCUT2D eigenvalue weighted by atomic mass is 32.2. The van der Waals surface area contributed by atoms with Gasteiger partial charge in [-0.2, -0.15) is 5.10 Å². The maximum atomic E-state index is 12.4. The van der Waals surface area contributed by atoms with Crippen LogP contribution in [0.5, 0.6) is 0 Å². The summed E-state index contributed by atoms with van der Waals surface area (Å²) >= 11 is 0. The van der Waals surface area contributed by atoms with E-state index in [2.05, 4.69) is 21.8 Å². The number of hydrogen-bond donors (Lipinski definition) is 3. The van der Waals surface area contributed by atoms with Gasteiger partial charge in [-0.15, -0.1) is 0 Å². The average molecular weight is 315 g/mol. The fraction of sp³-hybridized carbons (Fsp3) is 0.786. The summed E-state index contributed by atoms with van der Waals surface area (Å²) in [4.78, 5) is 0.0900. The van der Waals surface area contributed by atoms with Crippen LogP contribution in [0.1, 0.15) is 50.4 Å². The van der Waals surface area contributed by atoms with Crippen molar-refractivity contribution in [1.29, 1.82) is 0 Å². The molecule has 1 saturated carbocycles. The van der Waals surface area contributed by atoms with Crippen LogP contribution in [0.25, 0.3) is 0 Å². The number of nitrogens with one attached hydrogen (secondary N) is 2. The molecule has 0 spiro atoms. The Balaban J connectivity index is 1.97. The molecule has 0 aliphatic heterocycles. The first-order valence-electron chi connectivity index (χ1n) is 7.62. The monoisotopic (exact) mass is 315 g/mol. The van der Waals surface area contributed by atoms with Gasteiger partial charge in [-0.3, -0.25) is 5.10 Å². The minimum absolute atomic E-state index is 0.0900. The Morgan fingerprint density at radius 3 is 2.48 bits per heavy atom. The number of aryl methyl sites for hydroxylation is 1. The number of aromatic nitrogens is 2. The summed E-state index contributed by atoms with van der Waals surface area (Å²) in [7, 11) is -3.61. The molecule has 21 heavy (non-hydrogen) atoms. The van der Waals surface area contributed by atoms with E-state index < -0.39 is 10.0 Å². The van der Waals surface area contributed by atoms with E-state index in [1.807, 2.05) is 0 Å². The van der Waals surface area contributed by atoms with Crippen molar-refractivity contribution in [3.05, 3.63) is 11.4 Å². The van der Waals surface area contributed by atoms with Gasteiger partial charge in [-0.25, -0.2) is 13.1 Å². The molecule has 7 heteroatoms. The zero-order valence-corrected chi connectivity index (χ0v) is 13.5. The van der Waals surface area contributed by atoms with Gasteiger partial charge < -0.3 is 5.11 Å². The van der Waals surface area contributed by atoms with E-state index in [1.54, 1.807) is 6.92 Å². The van der Waals surface area contributed by atoms with Crippen molar-refractivity contribution >= 4 is 10.0 Å². The lowest BCUT2D eigenvalue weighted by molar-refractivity contribution is 0.269. The number of H-pyrrole nitrogens is 1. The highest BCUT2D eigenvalue weighted by molar-refractivity contribution is 7.89. The van der Waals surface area contributed by atoms with Crippen molar-refractivity contribution in [3.63, 3.8) is 0 Å². The first-order chi connectivity index (χ1) is 9.97. The van der Waals surface area contributed by atoms with Crippen LogP contribution in [0.15, 0.2) is 4.90 Å². The van der Waals surface area contributed by atoms with Crippen molar-refractivity contribution in [2.45, 2.75) is 57.5 Å². The molecular formula is C14H25N3O3S. The molecule has 0 unspecified atom stereocenters. The summed E-state index contributed by atoms with van der Waals surface area (Å²) < 4.78 is 27.4.